The van der Waals surface area contributed by atoms with E-state index in [9.17, 15) is 4.79 Å². The Kier molecular flexibility index (Phi) is 4.40. The van der Waals surface area contributed by atoms with Crippen LogP contribution in [0.15, 0.2) is 29.0 Å². The van der Waals surface area contributed by atoms with Gasteiger partial charge in [-0.2, -0.15) is 5.10 Å². The van der Waals surface area contributed by atoms with E-state index in [2.05, 4.69) is 33.0 Å². The molecule has 18 heavy (non-hydrogen) atoms. The molecule has 0 aliphatic carbocycles. The van der Waals surface area contributed by atoms with E-state index in [1.54, 1.807) is 17.0 Å². The lowest BCUT2D eigenvalue weighted by Gasteiger charge is -2.03. The number of aryl methyl sites for hydroxylation is 2. The molecule has 0 aromatic carbocycles. The van der Waals surface area contributed by atoms with Crippen LogP contribution in [-0.4, -0.2) is 15.7 Å². The van der Waals surface area contributed by atoms with Crippen LogP contribution >= 0.6 is 22.6 Å². The zero-order valence-electron chi connectivity index (χ0n) is 10.0. The Morgan fingerprint density at radius 3 is 3.06 bits per heavy atom. The van der Waals surface area contributed by atoms with Crippen LogP contribution < -0.4 is 5.32 Å². The summed E-state index contributed by atoms with van der Waals surface area (Å²) in [7, 11) is 0. The zero-order chi connectivity index (χ0) is 13.0. The van der Waals surface area contributed by atoms with Crippen LogP contribution in [0, 0.1) is 10.5 Å². The van der Waals surface area contributed by atoms with Gasteiger partial charge in [0, 0.05) is 19.2 Å². The van der Waals surface area contributed by atoms with Crippen LogP contribution in [-0.2, 0) is 17.9 Å². The lowest BCUT2D eigenvalue weighted by Crippen LogP contribution is -2.23. The van der Waals surface area contributed by atoms with Crippen LogP contribution in [0.1, 0.15) is 17.9 Å². The number of carbonyl (C=O) groups is 1. The van der Waals surface area contributed by atoms with Crippen molar-refractivity contribution in [1.82, 2.24) is 15.1 Å². The average molecular weight is 359 g/mol. The molecule has 96 valence electrons. The molecule has 1 N–H and O–H groups in total. The molecule has 2 aromatic rings. The Labute approximate surface area is 119 Å². The van der Waals surface area contributed by atoms with Crippen molar-refractivity contribution in [1.29, 1.82) is 0 Å². The van der Waals surface area contributed by atoms with Gasteiger partial charge in [-0.3, -0.25) is 9.48 Å². The van der Waals surface area contributed by atoms with E-state index in [4.69, 9.17) is 4.42 Å². The molecular weight excluding hydrogens is 345 g/mol. The standard InChI is InChI=1S/C12H14IN3O2/c1-9-11(13)8-16(15-9)5-4-12(17)14-7-10-3-2-6-18-10/h2-3,6,8H,4-5,7H2,1H3,(H,14,17). The molecule has 0 aliphatic heterocycles. The molecule has 1 amide bonds. The predicted octanol–water partition coefficient (Wildman–Crippen LogP) is 2.10. The number of carbonyl (C=O) groups excluding carboxylic acids is 1. The van der Waals surface area contributed by atoms with Gasteiger partial charge in [-0.05, 0) is 41.6 Å². The van der Waals surface area contributed by atoms with Crippen LogP contribution in [0.4, 0.5) is 0 Å². The second kappa shape index (κ2) is 6.03. The van der Waals surface area contributed by atoms with E-state index in [0.29, 0.717) is 19.5 Å². The molecule has 0 saturated carbocycles. The minimum atomic E-state index is -0.00504. The molecule has 5 nitrogen and oxygen atoms in total. The van der Waals surface area contributed by atoms with Gasteiger partial charge in [0.25, 0.3) is 0 Å². The first-order valence-electron chi connectivity index (χ1n) is 5.64. The van der Waals surface area contributed by atoms with E-state index in [1.807, 2.05) is 19.2 Å². The summed E-state index contributed by atoms with van der Waals surface area (Å²) in [6.45, 7) is 2.98. The fourth-order valence-corrected chi connectivity index (χ4v) is 1.94. The molecule has 0 bridgehead atoms. The first-order valence-corrected chi connectivity index (χ1v) is 6.71. The Balaban J connectivity index is 1.74. The fraction of sp³-hybridized carbons (Fsp3) is 0.333. The molecule has 2 heterocycles. The number of nitrogens with one attached hydrogen (secondary N) is 1. The smallest absolute Gasteiger partial charge is 0.222 e. The number of amides is 1. The van der Waals surface area contributed by atoms with Gasteiger partial charge in [-0.15, -0.1) is 0 Å². The number of halogens is 1. The quantitative estimate of drug-likeness (QED) is 0.832. The molecule has 6 heteroatoms. The van der Waals surface area contributed by atoms with Crippen LogP contribution in [0.2, 0.25) is 0 Å². The fourth-order valence-electron chi connectivity index (χ4n) is 1.51. The highest BCUT2D eigenvalue weighted by atomic mass is 127. The third kappa shape index (κ3) is 3.59. The number of hydrogen-bond donors (Lipinski definition) is 1. The van der Waals surface area contributed by atoms with E-state index in [0.717, 1.165) is 15.0 Å². The lowest BCUT2D eigenvalue weighted by atomic mass is 10.3. The average Bonchev–Trinajstić information content (AvgIpc) is 2.95. The summed E-state index contributed by atoms with van der Waals surface area (Å²) in [5, 5.41) is 7.10. The molecule has 2 aromatic heterocycles. The maximum atomic E-state index is 11.6. The van der Waals surface area contributed by atoms with Crippen molar-refractivity contribution in [3.05, 3.63) is 39.6 Å². The maximum Gasteiger partial charge on any atom is 0.222 e. The summed E-state index contributed by atoms with van der Waals surface area (Å²) in [6, 6.07) is 3.63. The van der Waals surface area contributed by atoms with Gasteiger partial charge in [0.1, 0.15) is 5.76 Å². The van der Waals surface area contributed by atoms with Crippen molar-refractivity contribution in [3.8, 4) is 0 Å². The molecule has 0 saturated heterocycles. The SMILES string of the molecule is Cc1nn(CCC(=O)NCc2ccco2)cc1I. The van der Waals surface area contributed by atoms with Gasteiger partial charge in [0.05, 0.1) is 22.1 Å². The number of nitrogens with zero attached hydrogens (tertiary/aromatic N) is 2. The molecule has 0 atom stereocenters. The number of hydrogen-bond acceptors (Lipinski definition) is 3. The molecule has 0 aliphatic rings. The summed E-state index contributed by atoms with van der Waals surface area (Å²) in [5.41, 5.74) is 0.992. The van der Waals surface area contributed by atoms with Crippen LogP contribution in [0.25, 0.3) is 0 Å². The Morgan fingerprint density at radius 1 is 1.61 bits per heavy atom. The van der Waals surface area contributed by atoms with Gasteiger partial charge in [-0.25, -0.2) is 0 Å². The van der Waals surface area contributed by atoms with Crippen LogP contribution in [0.5, 0.6) is 0 Å². The molecule has 0 spiro atoms. The summed E-state index contributed by atoms with van der Waals surface area (Å²) < 4.78 is 8.04. The van der Waals surface area contributed by atoms with Gasteiger partial charge in [0.2, 0.25) is 5.91 Å². The minimum absolute atomic E-state index is 0.00504. The third-order valence-electron chi connectivity index (χ3n) is 2.49. The monoisotopic (exact) mass is 359 g/mol. The highest BCUT2D eigenvalue weighted by molar-refractivity contribution is 14.1. The highest BCUT2D eigenvalue weighted by Gasteiger charge is 2.05. The number of aromatic nitrogens is 2. The Bertz CT molecular complexity index is 500. The van der Waals surface area contributed by atoms with Gasteiger partial charge in [0.15, 0.2) is 0 Å². The first-order chi connectivity index (χ1) is 8.65. The zero-order valence-corrected chi connectivity index (χ0v) is 12.2. The molecule has 0 radical (unpaired) electrons. The Hall–Kier alpha value is -1.31. The minimum Gasteiger partial charge on any atom is -0.467 e. The number of rotatable bonds is 5. The van der Waals surface area contributed by atoms with Crippen molar-refractivity contribution in [2.75, 3.05) is 0 Å². The van der Waals surface area contributed by atoms with E-state index in [-0.39, 0.29) is 5.91 Å². The normalized spacial score (nSPS) is 10.6. The summed E-state index contributed by atoms with van der Waals surface area (Å²) in [4.78, 5) is 11.6. The van der Waals surface area contributed by atoms with E-state index in [1.165, 1.54) is 0 Å². The second-order valence-corrected chi connectivity index (χ2v) is 5.09. The largest absolute Gasteiger partial charge is 0.467 e. The van der Waals surface area contributed by atoms with Crippen molar-refractivity contribution in [3.63, 3.8) is 0 Å². The highest BCUT2D eigenvalue weighted by Crippen LogP contribution is 2.08. The second-order valence-electron chi connectivity index (χ2n) is 3.93. The van der Waals surface area contributed by atoms with Crippen molar-refractivity contribution in [2.24, 2.45) is 0 Å². The summed E-state index contributed by atoms with van der Waals surface area (Å²) in [5.74, 6) is 0.752. The van der Waals surface area contributed by atoms with Gasteiger partial charge >= 0.3 is 0 Å². The number of furan rings is 1. The summed E-state index contributed by atoms with van der Waals surface area (Å²) in [6.07, 6.45) is 3.95. The molecule has 0 unspecified atom stereocenters. The first kappa shape index (κ1) is 13.1. The predicted molar refractivity (Wildman–Crippen MR) is 74.9 cm³/mol. The molecule has 2 rings (SSSR count). The maximum absolute atomic E-state index is 11.6. The lowest BCUT2D eigenvalue weighted by molar-refractivity contribution is -0.121. The Morgan fingerprint density at radius 2 is 2.44 bits per heavy atom. The van der Waals surface area contributed by atoms with Crippen LogP contribution in [0.3, 0.4) is 0 Å². The van der Waals surface area contributed by atoms with Crippen molar-refractivity contribution < 1.29 is 9.21 Å². The van der Waals surface area contributed by atoms with Gasteiger partial charge < -0.3 is 9.73 Å². The van der Waals surface area contributed by atoms with E-state index >= 15 is 0 Å². The molecular formula is C12H14IN3O2. The molecule has 0 fully saturated rings. The van der Waals surface area contributed by atoms with Crippen molar-refractivity contribution in [2.45, 2.75) is 26.4 Å². The summed E-state index contributed by atoms with van der Waals surface area (Å²) >= 11 is 2.23. The van der Waals surface area contributed by atoms with Gasteiger partial charge in [-0.1, -0.05) is 0 Å². The van der Waals surface area contributed by atoms with E-state index < -0.39 is 0 Å². The third-order valence-corrected chi connectivity index (χ3v) is 3.55. The van der Waals surface area contributed by atoms with Crippen molar-refractivity contribution >= 4 is 28.5 Å². The topological polar surface area (TPSA) is 60.1 Å².